The predicted octanol–water partition coefficient (Wildman–Crippen LogP) is 1.79. The summed E-state index contributed by atoms with van der Waals surface area (Å²) in [7, 11) is -3.62. The third kappa shape index (κ3) is 10.6. The van der Waals surface area contributed by atoms with Crippen molar-refractivity contribution < 1.29 is 62.9 Å². The van der Waals surface area contributed by atoms with Gasteiger partial charge in [-0.25, -0.2) is 0 Å². The second-order valence-corrected chi connectivity index (χ2v) is 14.1. The number of carbonyl (C=O) groups excluding carboxylic acids is 3. The van der Waals surface area contributed by atoms with E-state index in [1.165, 1.54) is 16.9 Å². The number of carbonyl (C=O) groups is 3. The van der Waals surface area contributed by atoms with Gasteiger partial charge in [0.25, 0.3) is 0 Å². The first-order valence-corrected chi connectivity index (χ1v) is 16.6. The topological polar surface area (TPSA) is 113 Å². The van der Waals surface area contributed by atoms with E-state index in [1.54, 1.807) is 20.8 Å². The molecule has 3 rings (SSSR count). The summed E-state index contributed by atoms with van der Waals surface area (Å²) >= 11 is 0. The third-order valence-corrected chi connectivity index (χ3v) is 10.4. The molecule has 8 nitrogen and oxygen atoms in total. The molecule has 2 unspecified atom stereocenters. The first-order valence-electron chi connectivity index (χ1n) is 14.6. The van der Waals surface area contributed by atoms with Crippen LogP contribution in [0.4, 0.5) is 0 Å². The summed E-state index contributed by atoms with van der Waals surface area (Å²) in [5, 5.41) is 12.0. The zero-order chi connectivity index (χ0) is 28.4. The van der Waals surface area contributed by atoms with E-state index in [9.17, 15) is 24.1 Å². The molecule has 0 bridgehead atoms. The van der Waals surface area contributed by atoms with Crippen LogP contribution < -0.4 is 34.7 Å². The Morgan fingerprint density at radius 1 is 1.05 bits per heavy atom. The fourth-order valence-electron chi connectivity index (χ4n) is 5.79. The maximum absolute atomic E-state index is 14.2. The van der Waals surface area contributed by atoms with E-state index in [0.29, 0.717) is 25.3 Å². The Hall–Kier alpha value is -1.18. The quantitative estimate of drug-likeness (QED) is 0.108. The minimum atomic E-state index is -3.62. The van der Waals surface area contributed by atoms with Crippen molar-refractivity contribution in [2.24, 2.45) is 17.8 Å². The SMILES string of the molecule is CCC(=O)OC(OP(=O)(CCCCc1ccccc1)CC(=O)N1C[C@@H](C2CCCCC2)C[C@@H]1C(=O)[O-])C(C)C.[Na+]. The molecule has 40 heavy (non-hydrogen) atoms. The van der Waals surface area contributed by atoms with Gasteiger partial charge in [0.05, 0.1) is 12.0 Å². The van der Waals surface area contributed by atoms with Gasteiger partial charge in [-0.1, -0.05) is 83.2 Å². The number of carboxylic acids is 1. The summed E-state index contributed by atoms with van der Waals surface area (Å²) in [5.41, 5.74) is 1.17. The largest absolute Gasteiger partial charge is 1.00 e. The van der Waals surface area contributed by atoms with E-state index in [0.717, 1.165) is 38.5 Å². The van der Waals surface area contributed by atoms with Crippen LogP contribution in [0.1, 0.15) is 84.1 Å². The second kappa shape index (κ2) is 17.1. The van der Waals surface area contributed by atoms with Crippen molar-refractivity contribution in [1.82, 2.24) is 4.90 Å². The molecule has 1 heterocycles. The number of amides is 1. The molecule has 2 aliphatic rings. The van der Waals surface area contributed by atoms with Crippen molar-refractivity contribution in [3.05, 3.63) is 35.9 Å². The maximum Gasteiger partial charge on any atom is 1.00 e. The first kappa shape index (κ1) is 35.0. The number of aryl methyl sites for hydroxylation is 1. The number of likely N-dealkylation sites (tertiary alicyclic amines) is 1. The average molecular weight is 586 g/mol. The fraction of sp³-hybridized carbons (Fsp3) is 0.700. The van der Waals surface area contributed by atoms with Crippen LogP contribution in [0.2, 0.25) is 0 Å². The summed E-state index contributed by atoms with van der Waals surface area (Å²) in [6.07, 6.45) is 6.88. The van der Waals surface area contributed by atoms with Crippen molar-refractivity contribution in [2.45, 2.75) is 97.3 Å². The van der Waals surface area contributed by atoms with Crippen molar-refractivity contribution in [1.29, 1.82) is 0 Å². The molecule has 1 aromatic rings. The van der Waals surface area contributed by atoms with Crippen LogP contribution in [0, 0.1) is 17.8 Å². The zero-order valence-electron chi connectivity index (χ0n) is 24.7. The standard InChI is InChI=1S/C30H46NO7P.Na/c1-4-28(33)37-30(22(2)3)38-39(36,18-12-11-15-23-13-7-5-8-14-23)21-27(32)31-20-25(19-26(31)29(34)35)24-16-9-6-10-17-24;/h5,7-8,13-14,22,24-26,30H,4,6,9-12,15-21H2,1-3H3,(H,34,35);/q;+1/p-1/t25-,26+,30?,39?;/m0./s1. The van der Waals surface area contributed by atoms with Gasteiger partial charge in [-0.2, -0.15) is 0 Å². The number of carboxylic acid groups (broad SMARTS) is 1. The van der Waals surface area contributed by atoms with Gasteiger partial charge < -0.3 is 19.5 Å². The molecule has 0 N–H and O–H groups in total. The number of hydrogen-bond acceptors (Lipinski definition) is 7. The molecule has 1 aliphatic carbocycles. The summed E-state index contributed by atoms with van der Waals surface area (Å²) in [6.45, 7) is 5.62. The number of benzene rings is 1. The zero-order valence-corrected chi connectivity index (χ0v) is 27.6. The molecule has 0 aromatic heterocycles. The van der Waals surface area contributed by atoms with Gasteiger partial charge in [0.15, 0.2) is 0 Å². The molecule has 1 aliphatic heterocycles. The molecule has 218 valence electrons. The van der Waals surface area contributed by atoms with Crippen molar-refractivity contribution in [3.8, 4) is 0 Å². The van der Waals surface area contributed by atoms with E-state index in [4.69, 9.17) is 9.26 Å². The average Bonchev–Trinajstić information content (AvgIpc) is 3.38. The van der Waals surface area contributed by atoms with E-state index >= 15 is 0 Å². The minimum Gasteiger partial charge on any atom is -0.548 e. The molecule has 0 radical (unpaired) electrons. The van der Waals surface area contributed by atoms with E-state index in [1.807, 2.05) is 30.3 Å². The van der Waals surface area contributed by atoms with Crippen molar-refractivity contribution >= 4 is 25.2 Å². The molecule has 1 saturated heterocycles. The van der Waals surface area contributed by atoms with Gasteiger partial charge in [0.2, 0.25) is 19.6 Å². The number of unbranched alkanes of at least 4 members (excludes halogenated alkanes) is 1. The van der Waals surface area contributed by atoms with Gasteiger partial charge in [-0.3, -0.25) is 18.7 Å². The summed E-state index contributed by atoms with van der Waals surface area (Å²) in [5.74, 6) is -1.99. The van der Waals surface area contributed by atoms with Gasteiger partial charge in [-0.15, -0.1) is 0 Å². The monoisotopic (exact) mass is 585 g/mol. The smallest absolute Gasteiger partial charge is 0.548 e. The van der Waals surface area contributed by atoms with Gasteiger partial charge >= 0.3 is 35.5 Å². The minimum absolute atomic E-state index is 0. The predicted molar refractivity (Wildman–Crippen MR) is 148 cm³/mol. The first-order chi connectivity index (χ1) is 18.6. The number of hydrogen-bond donors (Lipinski definition) is 0. The molecule has 2 fully saturated rings. The van der Waals surface area contributed by atoms with Crippen molar-refractivity contribution in [2.75, 3.05) is 18.9 Å². The van der Waals surface area contributed by atoms with Gasteiger partial charge in [0.1, 0.15) is 6.16 Å². The third-order valence-electron chi connectivity index (χ3n) is 8.05. The van der Waals surface area contributed by atoms with Gasteiger partial charge in [0, 0.05) is 25.0 Å². The van der Waals surface area contributed by atoms with Crippen LogP contribution in [-0.4, -0.2) is 53.9 Å². The van der Waals surface area contributed by atoms with Crippen LogP contribution in [0.3, 0.4) is 0 Å². The Balaban J connectivity index is 0.00000560. The molecule has 10 heteroatoms. The van der Waals surface area contributed by atoms with Gasteiger partial charge in [-0.05, 0) is 43.1 Å². The summed E-state index contributed by atoms with van der Waals surface area (Å²) < 4.78 is 25.6. The number of esters is 1. The van der Waals surface area contributed by atoms with E-state index in [-0.39, 0.29) is 54.0 Å². The Kier molecular flexibility index (Phi) is 14.9. The molecule has 1 aromatic carbocycles. The van der Waals surface area contributed by atoms with Crippen molar-refractivity contribution in [3.63, 3.8) is 0 Å². The Morgan fingerprint density at radius 3 is 2.33 bits per heavy atom. The fourth-order valence-corrected chi connectivity index (χ4v) is 8.09. The molecule has 0 spiro atoms. The van der Waals surface area contributed by atoms with Crippen LogP contribution in [0.25, 0.3) is 0 Å². The van der Waals surface area contributed by atoms with Crippen LogP contribution >= 0.6 is 7.37 Å². The van der Waals surface area contributed by atoms with Crippen LogP contribution in [0.15, 0.2) is 30.3 Å². The molecular weight excluding hydrogens is 540 g/mol. The number of rotatable bonds is 14. The molecular formula is C30H45NNaO7P. The number of nitrogens with zero attached hydrogens (tertiary/aromatic N) is 1. The Bertz CT molecular complexity index is 999. The molecule has 1 amide bonds. The molecule has 1 saturated carbocycles. The van der Waals surface area contributed by atoms with Crippen LogP contribution in [0.5, 0.6) is 0 Å². The Morgan fingerprint density at radius 2 is 1.73 bits per heavy atom. The Labute approximate surface area is 261 Å². The number of aliphatic carboxylic acids is 1. The normalized spacial score (nSPS) is 21.9. The van der Waals surface area contributed by atoms with E-state index in [2.05, 4.69) is 0 Å². The summed E-state index contributed by atoms with van der Waals surface area (Å²) in [6, 6.07) is 8.96. The number of ether oxygens (including phenoxy) is 1. The van der Waals surface area contributed by atoms with Crippen LogP contribution in [-0.2, 0) is 34.6 Å². The summed E-state index contributed by atoms with van der Waals surface area (Å²) in [4.78, 5) is 39.0. The second-order valence-electron chi connectivity index (χ2n) is 11.5. The van der Waals surface area contributed by atoms with E-state index < -0.39 is 43.7 Å². The maximum atomic E-state index is 14.2. The molecule has 4 atom stereocenters.